The Morgan fingerprint density at radius 2 is 1.59 bits per heavy atom. The minimum absolute atomic E-state index is 0.103. The molecule has 0 amide bonds. The monoisotopic (exact) mass is 475 g/mol. The Hall–Kier alpha value is -3.51. The van der Waals surface area contributed by atoms with E-state index in [2.05, 4.69) is 15.3 Å². The van der Waals surface area contributed by atoms with Gasteiger partial charge in [-0.05, 0) is 19.9 Å². The first-order valence-corrected chi connectivity index (χ1v) is 11.1. The largest absolute Gasteiger partial charge is 0.283 e. The molecule has 0 unspecified atom stereocenters. The number of halogens is 1. The topological polar surface area (TPSA) is 131 Å². The quantitative estimate of drug-likeness (QED) is 0.320. The van der Waals surface area contributed by atoms with E-state index in [0.29, 0.717) is 22.5 Å². The summed E-state index contributed by atoms with van der Waals surface area (Å²) in [4.78, 5) is 10.2. The molecule has 166 valence electrons. The van der Waals surface area contributed by atoms with Crippen molar-refractivity contribution < 1.29 is 13.3 Å². The maximum Gasteiger partial charge on any atom is 0.283 e. The van der Waals surface area contributed by atoms with Gasteiger partial charge in [-0.1, -0.05) is 17.7 Å². The predicted octanol–water partition coefficient (Wildman–Crippen LogP) is 3.10. The van der Waals surface area contributed by atoms with Gasteiger partial charge in [-0.25, -0.2) is 0 Å². The highest BCUT2D eigenvalue weighted by atomic mass is 35.5. The minimum atomic E-state index is -4.34. The van der Waals surface area contributed by atoms with Gasteiger partial charge in [0.15, 0.2) is 0 Å². The van der Waals surface area contributed by atoms with Gasteiger partial charge in [0.25, 0.3) is 15.7 Å². The molecule has 3 heterocycles. The van der Waals surface area contributed by atoms with E-state index in [-0.39, 0.29) is 27.0 Å². The summed E-state index contributed by atoms with van der Waals surface area (Å²) in [6.07, 6.45) is 3.32. The molecule has 0 radical (unpaired) electrons. The fourth-order valence-corrected chi connectivity index (χ4v) is 5.18. The van der Waals surface area contributed by atoms with Crippen molar-refractivity contribution >= 4 is 27.3 Å². The van der Waals surface area contributed by atoms with Crippen LogP contribution in [0.3, 0.4) is 0 Å². The van der Waals surface area contributed by atoms with E-state index in [4.69, 9.17) is 11.6 Å². The number of benzene rings is 1. The van der Waals surface area contributed by atoms with E-state index in [9.17, 15) is 18.5 Å². The van der Waals surface area contributed by atoms with Crippen molar-refractivity contribution in [2.45, 2.75) is 18.7 Å². The second-order valence-corrected chi connectivity index (χ2v) is 9.36. The van der Waals surface area contributed by atoms with Gasteiger partial charge in [0, 0.05) is 49.7 Å². The number of non-ortho nitro benzene ring substituents is 1. The molecule has 32 heavy (non-hydrogen) atoms. The summed E-state index contributed by atoms with van der Waals surface area (Å²) in [5, 5.41) is 24.2. The predicted molar refractivity (Wildman–Crippen MR) is 117 cm³/mol. The highest BCUT2D eigenvalue weighted by Crippen LogP contribution is 2.40. The van der Waals surface area contributed by atoms with Gasteiger partial charge in [0.1, 0.15) is 11.4 Å². The molecule has 0 bridgehead atoms. The third-order valence-electron chi connectivity index (χ3n) is 4.89. The molecule has 0 saturated heterocycles. The molecular formula is C19H18ClN7O4S. The summed E-state index contributed by atoms with van der Waals surface area (Å²) in [6, 6.07) is 4.77. The van der Waals surface area contributed by atoms with Crippen LogP contribution < -0.4 is 0 Å². The maximum atomic E-state index is 13.6. The zero-order valence-corrected chi connectivity index (χ0v) is 19.1. The average molecular weight is 476 g/mol. The van der Waals surface area contributed by atoms with Crippen molar-refractivity contribution in [2.24, 2.45) is 14.1 Å². The number of hydrogen-bond donors (Lipinski definition) is 0. The zero-order chi connectivity index (χ0) is 23.4. The molecule has 4 aromatic rings. The van der Waals surface area contributed by atoms with Crippen LogP contribution in [0.1, 0.15) is 11.4 Å². The van der Waals surface area contributed by atoms with E-state index in [1.54, 1.807) is 45.0 Å². The highest BCUT2D eigenvalue weighted by Gasteiger charge is 2.31. The van der Waals surface area contributed by atoms with Gasteiger partial charge in [0.2, 0.25) is 0 Å². The normalized spacial score (nSPS) is 11.8. The van der Waals surface area contributed by atoms with E-state index in [1.807, 2.05) is 0 Å². The third-order valence-corrected chi connectivity index (χ3v) is 6.82. The van der Waals surface area contributed by atoms with Gasteiger partial charge in [-0.3, -0.25) is 19.5 Å². The Labute approximate surface area is 188 Å². The molecule has 4 rings (SSSR count). The van der Waals surface area contributed by atoms with Gasteiger partial charge in [0.05, 0.1) is 26.2 Å². The number of aryl methyl sites for hydroxylation is 4. The minimum Gasteiger partial charge on any atom is -0.275 e. The Balaban J connectivity index is 2.04. The average Bonchev–Trinajstić information content (AvgIpc) is 3.35. The van der Waals surface area contributed by atoms with Crippen molar-refractivity contribution in [3.8, 4) is 22.5 Å². The van der Waals surface area contributed by atoms with Crippen molar-refractivity contribution in [2.75, 3.05) is 0 Å². The van der Waals surface area contributed by atoms with Crippen LogP contribution in [0, 0.1) is 24.0 Å². The summed E-state index contributed by atoms with van der Waals surface area (Å²) in [6.45, 7) is 3.48. The van der Waals surface area contributed by atoms with E-state index >= 15 is 0 Å². The fraction of sp³-hybridized carbons (Fsp3) is 0.211. The van der Waals surface area contributed by atoms with Crippen LogP contribution in [0.4, 0.5) is 5.69 Å². The number of hydrogen-bond acceptors (Lipinski definition) is 7. The molecule has 0 aliphatic carbocycles. The van der Waals surface area contributed by atoms with Gasteiger partial charge < -0.3 is 0 Å². The molecular weight excluding hydrogens is 458 g/mol. The SMILES string of the molecule is Cc1nn(C)cc1-c1nn(S(=O)(=O)c2cccc([N+](=O)[O-])c2)c(-c2cn(C)nc2C)c1Cl. The zero-order valence-electron chi connectivity index (χ0n) is 17.5. The molecule has 1 aromatic carbocycles. The van der Waals surface area contributed by atoms with Gasteiger partial charge in [-0.2, -0.15) is 27.8 Å². The van der Waals surface area contributed by atoms with E-state index in [1.165, 1.54) is 22.9 Å². The van der Waals surface area contributed by atoms with Crippen molar-refractivity contribution in [1.82, 2.24) is 28.7 Å². The number of nitro benzene ring substituents is 1. The van der Waals surface area contributed by atoms with E-state index < -0.39 is 14.9 Å². The van der Waals surface area contributed by atoms with Gasteiger partial charge >= 0.3 is 0 Å². The van der Waals surface area contributed by atoms with Crippen molar-refractivity contribution in [1.29, 1.82) is 0 Å². The lowest BCUT2D eigenvalue weighted by Crippen LogP contribution is -2.16. The third kappa shape index (κ3) is 3.46. The first-order chi connectivity index (χ1) is 15.0. The lowest BCUT2D eigenvalue weighted by Gasteiger charge is -2.08. The maximum absolute atomic E-state index is 13.6. The highest BCUT2D eigenvalue weighted by molar-refractivity contribution is 7.90. The van der Waals surface area contributed by atoms with Gasteiger partial charge in [-0.15, -0.1) is 0 Å². The molecule has 0 atom stereocenters. The fourth-order valence-electron chi connectivity index (χ4n) is 3.47. The van der Waals surface area contributed by atoms with Crippen LogP contribution in [-0.4, -0.2) is 42.1 Å². The van der Waals surface area contributed by atoms with Crippen LogP contribution >= 0.6 is 11.6 Å². The lowest BCUT2D eigenvalue weighted by molar-refractivity contribution is -0.385. The molecule has 0 N–H and O–H groups in total. The van der Waals surface area contributed by atoms with Crippen LogP contribution in [0.15, 0.2) is 41.6 Å². The molecule has 3 aromatic heterocycles. The second-order valence-electron chi connectivity index (χ2n) is 7.22. The number of nitro groups is 1. The summed E-state index contributed by atoms with van der Waals surface area (Å²) in [5.41, 5.74) is 2.17. The molecule has 0 aliphatic rings. The van der Waals surface area contributed by atoms with Crippen LogP contribution in [0.2, 0.25) is 5.02 Å². The number of aromatic nitrogens is 6. The lowest BCUT2D eigenvalue weighted by atomic mass is 10.1. The van der Waals surface area contributed by atoms with E-state index in [0.717, 1.165) is 10.2 Å². The molecule has 0 saturated carbocycles. The Morgan fingerprint density at radius 1 is 1.00 bits per heavy atom. The first-order valence-electron chi connectivity index (χ1n) is 9.30. The Bertz CT molecular complexity index is 1480. The van der Waals surface area contributed by atoms with Crippen molar-refractivity contribution in [3.63, 3.8) is 0 Å². The summed E-state index contributed by atoms with van der Waals surface area (Å²) >= 11 is 6.71. The van der Waals surface area contributed by atoms with Crippen LogP contribution in [0.5, 0.6) is 0 Å². The molecule has 0 aliphatic heterocycles. The standard InChI is InChI=1S/C19H18ClN7O4S/c1-11-15(9-24(3)21-11)18-17(20)19(16-10-25(4)22-12(16)2)26(23-18)32(30,31)14-7-5-6-13(8-14)27(28)29/h5-10H,1-4H3. The Morgan fingerprint density at radius 3 is 2.12 bits per heavy atom. The summed E-state index contributed by atoms with van der Waals surface area (Å²) in [5.74, 6) is 0. The number of rotatable bonds is 5. The number of nitrogens with zero attached hydrogens (tertiary/aromatic N) is 7. The summed E-state index contributed by atoms with van der Waals surface area (Å²) in [7, 11) is -0.914. The van der Waals surface area contributed by atoms with Crippen molar-refractivity contribution in [3.05, 3.63) is 63.2 Å². The second kappa shape index (κ2) is 7.57. The summed E-state index contributed by atoms with van der Waals surface area (Å²) < 4.78 is 31.1. The smallest absolute Gasteiger partial charge is 0.275 e. The van der Waals surface area contributed by atoms with Crippen LogP contribution in [-0.2, 0) is 24.1 Å². The molecule has 13 heteroatoms. The molecule has 0 spiro atoms. The first kappa shape index (κ1) is 21.7. The Kier molecular flexibility index (Phi) is 5.13. The van der Waals surface area contributed by atoms with Crippen LogP contribution in [0.25, 0.3) is 22.5 Å². The molecule has 0 fully saturated rings. The molecule has 11 nitrogen and oxygen atoms in total.